The molecule has 0 aliphatic carbocycles. The Kier molecular flexibility index (Phi) is 7.13. The molecule has 0 spiro atoms. The number of ether oxygens (including phenoxy) is 1. The smallest absolute Gasteiger partial charge is 0.128 e. The van der Waals surface area contributed by atoms with Gasteiger partial charge in [0, 0.05) is 6.04 Å². The number of hydrogen-bond acceptors (Lipinski definition) is 3. The van der Waals surface area contributed by atoms with Gasteiger partial charge in [0.25, 0.3) is 0 Å². The maximum atomic E-state index is 8.67. The van der Waals surface area contributed by atoms with Crippen LogP contribution in [0.4, 0.5) is 0 Å². The molecule has 3 nitrogen and oxygen atoms in total. The number of hydrogen-bond donors (Lipinski definition) is 2. The van der Waals surface area contributed by atoms with E-state index in [4.69, 9.17) is 15.6 Å². The number of fused-ring (bicyclic) bond motifs is 2. The minimum absolute atomic E-state index is 0.0505. The van der Waals surface area contributed by atoms with E-state index in [9.17, 15) is 0 Å². The molecule has 3 N–H and O–H groups in total. The standard InChI is InChI=1S/C20H14O.C9H13NO/c1-3-7-17-13-19(11-9-15(17)5-1)21-20-12-10-16-6-2-4-8-18(16)14-20;10-9(7-11)6-8-4-2-1-3-5-8/h1-14H;1-5,9,11H,6-7,10H2/t;9-/m.1/s1. The Bertz CT molecular complexity index is 1210. The van der Waals surface area contributed by atoms with E-state index in [0.29, 0.717) is 0 Å². The van der Waals surface area contributed by atoms with Crippen LogP contribution in [0.25, 0.3) is 21.5 Å². The first kappa shape index (κ1) is 21.6. The van der Waals surface area contributed by atoms with Gasteiger partial charge in [-0.1, -0.05) is 91.0 Å². The third-order valence-corrected chi connectivity index (χ3v) is 5.25. The molecule has 160 valence electrons. The van der Waals surface area contributed by atoms with E-state index in [1.54, 1.807) is 0 Å². The molecule has 32 heavy (non-hydrogen) atoms. The minimum Gasteiger partial charge on any atom is -0.457 e. The van der Waals surface area contributed by atoms with Crippen LogP contribution in [-0.4, -0.2) is 17.8 Å². The third-order valence-electron chi connectivity index (χ3n) is 5.25. The largest absolute Gasteiger partial charge is 0.457 e. The SMILES string of the molecule is N[C@@H](CO)Cc1ccccc1.c1ccc2cc(Oc3ccc4ccccc4c3)ccc2c1. The fourth-order valence-electron chi connectivity index (χ4n) is 3.58. The van der Waals surface area contributed by atoms with E-state index in [1.807, 2.05) is 66.7 Å². The zero-order chi connectivity index (χ0) is 22.2. The number of aliphatic hydroxyl groups excluding tert-OH is 1. The van der Waals surface area contributed by atoms with E-state index in [0.717, 1.165) is 17.9 Å². The van der Waals surface area contributed by atoms with Crippen molar-refractivity contribution in [3.63, 3.8) is 0 Å². The quantitative estimate of drug-likeness (QED) is 0.348. The maximum Gasteiger partial charge on any atom is 0.128 e. The summed E-state index contributed by atoms with van der Waals surface area (Å²) in [5.41, 5.74) is 6.73. The molecule has 3 heteroatoms. The number of benzene rings is 5. The summed E-state index contributed by atoms with van der Waals surface area (Å²) in [4.78, 5) is 0. The van der Waals surface area contributed by atoms with Crippen LogP contribution in [-0.2, 0) is 6.42 Å². The van der Waals surface area contributed by atoms with Crippen molar-refractivity contribution in [2.75, 3.05) is 6.61 Å². The first-order valence-corrected chi connectivity index (χ1v) is 10.8. The zero-order valence-electron chi connectivity index (χ0n) is 17.9. The molecule has 1 atom stereocenters. The molecular weight excluding hydrogens is 394 g/mol. The number of aliphatic hydroxyl groups is 1. The molecule has 0 saturated carbocycles. The van der Waals surface area contributed by atoms with Gasteiger partial charge in [0.2, 0.25) is 0 Å². The van der Waals surface area contributed by atoms with Gasteiger partial charge in [-0.15, -0.1) is 0 Å². The van der Waals surface area contributed by atoms with Crippen molar-refractivity contribution in [1.82, 2.24) is 0 Å². The summed E-state index contributed by atoms with van der Waals surface area (Å²) in [5, 5.41) is 13.5. The lowest BCUT2D eigenvalue weighted by Crippen LogP contribution is -2.26. The number of nitrogens with two attached hydrogens (primary N) is 1. The van der Waals surface area contributed by atoms with E-state index in [1.165, 1.54) is 27.1 Å². The molecule has 0 radical (unpaired) electrons. The highest BCUT2D eigenvalue weighted by atomic mass is 16.5. The Balaban J connectivity index is 0.000000189. The second-order valence-electron chi connectivity index (χ2n) is 7.75. The van der Waals surface area contributed by atoms with E-state index >= 15 is 0 Å². The van der Waals surface area contributed by atoms with Crippen molar-refractivity contribution < 1.29 is 9.84 Å². The van der Waals surface area contributed by atoms with Crippen molar-refractivity contribution in [2.24, 2.45) is 5.73 Å². The summed E-state index contributed by atoms with van der Waals surface area (Å²) >= 11 is 0. The summed E-state index contributed by atoms with van der Waals surface area (Å²) in [6.45, 7) is 0.0505. The van der Waals surface area contributed by atoms with Gasteiger partial charge in [0.15, 0.2) is 0 Å². The van der Waals surface area contributed by atoms with Crippen LogP contribution in [0.5, 0.6) is 11.5 Å². The Morgan fingerprint density at radius 1 is 0.594 bits per heavy atom. The highest BCUT2D eigenvalue weighted by Gasteiger charge is 2.01. The summed E-state index contributed by atoms with van der Waals surface area (Å²) in [6.07, 6.45) is 0.747. The first-order chi connectivity index (χ1) is 15.7. The van der Waals surface area contributed by atoms with Crippen molar-refractivity contribution in [2.45, 2.75) is 12.5 Å². The molecule has 5 rings (SSSR count). The predicted octanol–water partition coefficient (Wildman–Crippen LogP) is 6.33. The van der Waals surface area contributed by atoms with Gasteiger partial charge in [-0.25, -0.2) is 0 Å². The van der Waals surface area contributed by atoms with Crippen LogP contribution in [0.2, 0.25) is 0 Å². The number of rotatable bonds is 5. The van der Waals surface area contributed by atoms with Gasteiger partial charge in [-0.2, -0.15) is 0 Å². The highest BCUT2D eigenvalue weighted by Crippen LogP contribution is 2.28. The Morgan fingerprint density at radius 3 is 1.56 bits per heavy atom. The molecular formula is C29H27NO2. The van der Waals surface area contributed by atoms with Crippen LogP contribution < -0.4 is 10.5 Å². The second kappa shape index (κ2) is 10.6. The Labute approximate surface area is 188 Å². The van der Waals surface area contributed by atoms with Gasteiger partial charge in [-0.3, -0.25) is 0 Å². The van der Waals surface area contributed by atoms with Crippen LogP contribution in [0.15, 0.2) is 115 Å². The molecule has 0 aliphatic rings. The Hall–Kier alpha value is -3.66. The lowest BCUT2D eigenvalue weighted by molar-refractivity contribution is 0.265. The molecule has 5 aromatic rings. The summed E-state index contributed by atoms with van der Waals surface area (Å²) in [7, 11) is 0. The lowest BCUT2D eigenvalue weighted by Gasteiger charge is -2.08. The average Bonchev–Trinajstić information content (AvgIpc) is 2.85. The van der Waals surface area contributed by atoms with Crippen LogP contribution >= 0.6 is 0 Å². The van der Waals surface area contributed by atoms with Gasteiger partial charge < -0.3 is 15.6 Å². The fourth-order valence-corrected chi connectivity index (χ4v) is 3.58. The summed E-state index contributed by atoms with van der Waals surface area (Å²) < 4.78 is 5.99. The fraction of sp³-hybridized carbons (Fsp3) is 0.103. The van der Waals surface area contributed by atoms with Crippen LogP contribution in [0.3, 0.4) is 0 Å². The second-order valence-corrected chi connectivity index (χ2v) is 7.75. The molecule has 0 saturated heterocycles. The van der Waals surface area contributed by atoms with Gasteiger partial charge in [-0.05, 0) is 57.8 Å². The van der Waals surface area contributed by atoms with Crippen LogP contribution in [0, 0.1) is 0 Å². The van der Waals surface area contributed by atoms with Crippen molar-refractivity contribution in [1.29, 1.82) is 0 Å². The molecule has 0 aliphatic heterocycles. The van der Waals surface area contributed by atoms with Gasteiger partial charge >= 0.3 is 0 Å². The first-order valence-electron chi connectivity index (χ1n) is 10.8. The van der Waals surface area contributed by atoms with Gasteiger partial charge in [0.1, 0.15) is 11.5 Å². The van der Waals surface area contributed by atoms with Crippen molar-refractivity contribution in [3.8, 4) is 11.5 Å². The topological polar surface area (TPSA) is 55.5 Å². The minimum atomic E-state index is -0.127. The summed E-state index contributed by atoms with van der Waals surface area (Å²) in [6, 6.07) is 38.7. The third kappa shape index (κ3) is 5.73. The molecule has 0 amide bonds. The van der Waals surface area contributed by atoms with Gasteiger partial charge in [0.05, 0.1) is 6.61 Å². The van der Waals surface area contributed by atoms with Crippen LogP contribution in [0.1, 0.15) is 5.56 Å². The molecule has 0 fully saturated rings. The van der Waals surface area contributed by atoms with E-state index < -0.39 is 0 Å². The highest BCUT2D eigenvalue weighted by molar-refractivity contribution is 5.85. The monoisotopic (exact) mass is 421 g/mol. The molecule has 5 aromatic carbocycles. The zero-order valence-corrected chi connectivity index (χ0v) is 17.9. The molecule has 0 heterocycles. The summed E-state index contributed by atoms with van der Waals surface area (Å²) in [5.74, 6) is 1.73. The molecule has 0 bridgehead atoms. The maximum absolute atomic E-state index is 8.67. The molecule has 0 aromatic heterocycles. The van der Waals surface area contributed by atoms with Crippen molar-refractivity contribution >= 4 is 21.5 Å². The molecule has 0 unspecified atom stereocenters. The lowest BCUT2D eigenvalue weighted by atomic mass is 10.1. The predicted molar refractivity (Wildman–Crippen MR) is 133 cm³/mol. The Morgan fingerprint density at radius 2 is 1.06 bits per heavy atom. The van der Waals surface area contributed by atoms with E-state index in [-0.39, 0.29) is 12.6 Å². The van der Waals surface area contributed by atoms with Crippen molar-refractivity contribution in [3.05, 3.63) is 121 Å². The van der Waals surface area contributed by atoms with E-state index in [2.05, 4.69) is 48.5 Å². The average molecular weight is 422 g/mol. The normalized spacial score (nSPS) is 11.6.